The van der Waals surface area contributed by atoms with Gasteiger partial charge in [0.2, 0.25) is 0 Å². The largest absolute Gasteiger partial charge is 0.493 e. The maximum Gasteiger partial charge on any atom is 0.255 e. The van der Waals surface area contributed by atoms with Gasteiger partial charge in [-0.2, -0.15) is 0 Å². The molecule has 0 atom stereocenters. The Morgan fingerprint density at radius 2 is 1.82 bits per heavy atom. The third-order valence-electron chi connectivity index (χ3n) is 6.18. The third-order valence-corrected chi connectivity index (χ3v) is 6.42. The molecule has 1 aliphatic rings. The van der Waals surface area contributed by atoms with Gasteiger partial charge in [0.05, 0.1) is 31.8 Å². The average molecular weight is 477 g/mol. The Balaban J connectivity index is 1.33. The number of halogens is 1. The predicted molar refractivity (Wildman–Crippen MR) is 134 cm³/mol. The lowest BCUT2D eigenvalue weighted by Gasteiger charge is -2.30. The van der Waals surface area contributed by atoms with Gasteiger partial charge < -0.3 is 24.3 Å². The molecule has 0 aliphatic carbocycles. The van der Waals surface area contributed by atoms with Gasteiger partial charge in [0, 0.05) is 35.1 Å². The van der Waals surface area contributed by atoms with Gasteiger partial charge in [-0.25, -0.2) is 4.98 Å². The summed E-state index contributed by atoms with van der Waals surface area (Å²) in [4.78, 5) is 19.9. The lowest BCUT2D eigenvalue weighted by atomic mass is 10.1. The van der Waals surface area contributed by atoms with Crippen LogP contribution in [0.3, 0.4) is 0 Å². The van der Waals surface area contributed by atoms with E-state index in [0.717, 1.165) is 46.9 Å². The van der Waals surface area contributed by atoms with Crippen molar-refractivity contribution in [2.75, 3.05) is 31.0 Å². The lowest BCUT2D eigenvalue weighted by Crippen LogP contribution is -2.33. The van der Waals surface area contributed by atoms with Crippen molar-refractivity contribution in [2.24, 2.45) is 0 Å². The van der Waals surface area contributed by atoms with Gasteiger partial charge in [-0.1, -0.05) is 11.6 Å². The normalized spacial score (nSPS) is 13.0. The molecule has 0 saturated carbocycles. The number of hydrogen-bond acceptors (Lipinski definition) is 5. The topological polar surface area (TPSA) is 68.6 Å². The second kappa shape index (κ2) is 8.91. The van der Waals surface area contributed by atoms with E-state index in [1.807, 2.05) is 37.3 Å². The van der Waals surface area contributed by atoms with Gasteiger partial charge in [0.1, 0.15) is 5.82 Å². The minimum Gasteiger partial charge on any atom is -0.493 e. The number of fused-ring (bicyclic) bond motifs is 3. The van der Waals surface area contributed by atoms with E-state index in [2.05, 4.69) is 20.9 Å². The number of anilines is 2. The number of carbonyl (C=O) groups excluding carboxylic acids is 1. The van der Waals surface area contributed by atoms with E-state index >= 15 is 0 Å². The summed E-state index contributed by atoms with van der Waals surface area (Å²) in [6.45, 7) is 4.43. The summed E-state index contributed by atoms with van der Waals surface area (Å²) < 4.78 is 12.8. The van der Waals surface area contributed by atoms with Crippen LogP contribution in [-0.4, -0.2) is 36.2 Å². The Bertz CT molecular complexity index is 1400. The maximum absolute atomic E-state index is 12.8. The zero-order valence-corrected chi connectivity index (χ0v) is 20.0. The molecule has 4 aromatic rings. The van der Waals surface area contributed by atoms with Crippen LogP contribution in [0, 0.1) is 6.92 Å². The first-order valence-corrected chi connectivity index (χ1v) is 11.4. The summed E-state index contributed by atoms with van der Waals surface area (Å²) in [5.74, 6) is 1.91. The molecule has 1 N–H and O–H groups in total. The Kier molecular flexibility index (Phi) is 5.79. The summed E-state index contributed by atoms with van der Waals surface area (Å²) in [6.07, 6.45) is 0. The van der Waals surface area contributed by atoms with Crippen LogP contribution >= 0.6 is 11.6 Å². The van der Waals surface area contributed by atoms with Crippen molar-refractivity contribution < 1.29 is 14.3 Å². The highest BCUT2D eigenvalue weighted by Crippen LogP contribution is 2.30. The van der Waals surface area contributed by atoms with Crippen LogP contribution in [0.15, 0.2) is 54.6 Å². The molecule has 174 valence electrons. The van der Waals surface area contributed by atoms with Crippen LogP contribution in [-0.2, 0) is 13.1 Å². The van der Waals surface area contributed by atoms with E-state index in [1.54, 1.807) is 32.4 Å². The summed E-state index contributed by atoms with van der Waals surface area (Å²) in [7, 11) is 3.11. The molecule has 0 saturated heterocycles. The van der Waals surface area contributed by atoms with Crippen LogP contribution < -0.4 is 19.7 Å². The first kappa shape index (κ1) is 22.1. The fourth-order valence-electron chi connectivity index (χ4n) is 4.37. The second-order valence-corrected chi connectivity index (χ2v) is 8.69. The molecule has 0 fully saturated rings. The number of benzene rings is 3. The molecule has 0 spiro atoms. The van der Waals surface area contributed by atoms with E-state index < -0.39 is 0 Å². The zero-order valence-electron chi connectivity index (χ0n) is 19.3. The number of carbonyl (C=O) groups is 1. The zero-order chi connectivity index (χ0) is 23.8. The highest BCUT2D eigenvalue weighted by atomic mass is 35.5. The van der Waals surface area contributed by atoms with E-state index in [0.29, 0.717) is 28.6 Å². The van der Waals surface area contributed by atoms with Crippen LogP contribution in [0.2, 0.25) is 5.02 Å². The summed E-state index contributed by atoms with van der Waals surface area (Å²) in [6, 6.07) is 17.0. The van der Waals surface area contributed by atoms with E-state index in [1.165, 1.54) is 0 Å². The van der Waals surface area contributed by atoms with Crippen molar-refractivity contribution >= 4 is 39.9 Å². The molecule has 34 heavy (non-hydrogen) atoms. The number of aryl methyl sites for hydroxylation is 1. The Labute approximate surface area is 202 Å². The minimum absolute atomic E-state index is 0.206. The Morgan fingerprint density at radius 1 is 1.00 bits per heavy atom. The maximum atomic E-state index is 12.8. The van der Waals surface area contributed by atoms with Gasteiger partial charge in [0.15, 0.2) is 11.5 Å². The van der Waals surface area contributed by atoms with E-state index in [-0.39, 0.29) is 5.91 Å². The molecule has 2 heterocycles. The van der Waals surface area contributed by atoms with Gasteiger partial charge in [-0.05, 0) is 67.1 Å². The SMILES string of the molecule is COc1ccc(C(=O)Nc2ccc(N3CCn4c(nc5cc(Cl)ccc54)C3)cc2C)cc1OC. The molecule has 0 radical (unpaired) electrons. The standard InChI is InChI=1S/C26H25ClN4O3/c1-16-12-19(30-10-11-31-22-8-5-18(27)14-21(22)28-25(31)15-30)6-7-20(16)29-26(32)17-4-9-23(33-2)24(13-17)34-3/h4-9,12-14H,10-11,15H2,1-3H3,(H,29,32). The van der Waals surface area contributed by atoms with Crippen molar-refractivity contribution in [3.63, 3.8) is 0 Å². The second-order valence-electron chi connectivity index (χ2n) is 8.26. The summed E-state index contributed by atoms with van der Waals surface area (Å²) in [5.41, 5.74) is 5.38. The molecule has 5 rings (SSSR count). The molecular weight excluding hydrogens is 452 g/mol. The number of nitrogens with zero attached hydrogens (tertiary/aromatic N) is 3. The van der Waals surface area contributed by atoms with Crippen LogP contribution in [0.1, 0.15) is 21.7 Å². The van der Waals surface area contributed by atoms with Gasteiger partial charge >= 0.3 is 0 Å². The number of ether oxygens (including phenoxy) is 2. The lowest BCUT2D eigenvalue weighted by molar-refractivity contribution is 0.102. The van der Waals surface area contributed by atoms with Crippen LogP contribution in [0.25, 0.3) is 11.0 Å². The summed E-state index contributed by atoms with van der Waals surface area (Å²) >= 11 is 6.14. The highest BCUT2D eigenvalue weighted by molar-refractivity contribution is 6.31. The molecule has 0 bridgehead atoms. The number of imidazole rings is 1. The highest BCUT2D eigenvalue weighted by Gasteiger charge is 2.21. The average Bonchev–Trinajstić information content (AvgIpc) is 3.21. The molecule has 1 amide bonds. The Morgan fingerprint density at radius 3 is 2.59 bits per heavy atom. The van der Waals surface area contributed by atoms with Gasteiger partial charge in [0.25, 0.3) is 5.91 Å². The van der Waals surface area contributed by atoms with Crippen LogP contribution in [0.4, 0.5) is 11.4 Å². The monoisotopic (exact) mass is 476 g/mol. The third kappa shape index (κ3) is 4.03. The number of rotatable bonds is 5. The molecule has 7 nitrogen and oxygen atoms in total. The fraction of sp³-hybridized carbons (Fsp3) is 0.231. The van der Waals surface area contributed by atoms with Crippen molar-refractivity contribution in [3.05, 3.63) is 76.6 Å². The van der Waals surface area contributed by atoms with E-state index in [9.17, 15) is 4.79 Å². The summed E-state index contributed by atoms with van der Waals surface area (Å²) in [5, 5.41) is 3.70. The quantitative estimate of drug-likeness (QED) is 0.424. The molecule has 0 unspecified atom stereocenters. The van der Waals surface area contributed by atoms with Crippen LogP contribution in [0.5, 0.6) is 11.5 Å². The number of aromatic nitrogens is 2. The molecule has 1 aliphatic heterocycles. The number of amides is 1. The van der Waals surface area contributed by atoms with Crippen molar-refractivity contribution in [3.8, 4) is 11.5 Å². The molecule has 8 heteroatoms. The minimum atomic E-state index is -0.206. The Hall–Kier alpha value is -3.71. The molecule has 3 aromatic carbocycles. The molecular formula is C26H25ClN4O3. The van der Waals surface area contributed by atoms with Crippen molar-refractivity contribution in [1.82, 2.24) is 9.55 Å². The van der Waals surface area contributed by atoms with Crippen molar-refractivity contribution in [1.29, 1.82) is 0 Å². The number of hydrogen-bond donors (Lipinski definition) is 1. The fourth-order valence-corrected chi connectivity index (χ4v) is 4.54. The van der Waals surface area contributed by atoms with E-state index in [4.69, 9.17) is 26.1 Å². The van der Waals surface area contributed by atoms with Gasteiger partial charge in [-0.15, -0.1) is 0 Å². The number of methoxy groups -OCH3 is 2. The molecule has 1 aromatic heterocycles. The number of nitrogens with one attached hydrogen (secondary N) is 1. The predicted octanol–water partition coefficient (Wildman–Crippen LogP) is 5.29. The van der Waals surface area contributed by atoms with Gasteiger partial charge in [-0.3, -0.25) is 4.79 Å². The smallest absolute Gasteiger partial charge is 0.255 e. The first-order valence-electron chi connectivity index (χ1n) is 11.0. The first-order chi connectivity index (χ1) is 16.5. The van der Waals surface area contributed by atoms with Crippen molar-refractivity contribution in [2.45, 2.75) is 20.0 Å².